The van der Waals surface area contributed by atoms with Crippen molar-refractivity contribution in [3.63, 3.8) is 0 Å². The third-order valence-corrected chi connectivity index (χ3v) is 6.66. The van der Waals surface area contributed by atoms with E-state index in [0.29, 0.717) is 24.4 Å². The van der Waals surface area contributed by atoms with Gasteiger partial charge in [0.15, 0.2) is 0 Å². The SMILES string of the molecule is CC(=O)N1CC(C)(C)Oc2ccc(S(=O)(=O)NCCc3c[nH]c4ccccc34)cc21. The molecule has 0 aliphatic carbocycles. The molecule has 0 atom stereocenters. The Hall–Kier alpha value is -2.84. The van der Waals surface area contributed by atoms with Crippen molar-refractivity contribution in [2.75, 3.05) is 18.0 Å². The number of nitrogens with one attached hydrogen (secondary N) is 2. The fraction of sp³-hybridized carbons (Fsp3) is 0.318. The molecule has 0 fully saturated rings. The van der Waals surface area contributed by atoms with Gasteiger partial charge in [-0.05, 0) is 50.1 Å². The summed E-state index contributed by atoms with van der Waals surface area (Å²) < 4.78 is 34.3. The van der Waals surface area contributed by atoms with E-state index in [1.54, 1.807) is 11.0 Å². The lowest BCUT2D eigenvalue weighted by Crippen LogP contribution is -2.48. The van der Waals surface area contributed by atoms with E-state index in [-0.39, 0.29) is 17.3 Å². The van der Waals surface area contributed by atoms with Gasteiger partial charge in [0.05, 0.1) is 17.1 Å². The van der Waals surface area contributed by atoms with Gasteiger partial charge >= 0.3 is 0 Å². The highest BCUT2D eigenvalue weighted by Crippen LogP contribution is 2.38. The number of benzene rings is 2. The molecule has 0 spiro atoms. The van der Waals surface area contributed by atoms with Crippen LogP contribution in [0.15, 0.2) is 53.6 Å². The number of para-hydroxylation sites is 1. The maximum Gasteiger partial charge on any atom is 0.240 e. The number of aromatic amines is 1. The summed E-state index contributed by atoms with van der Waals surface area (Å²) in [5.41, 5.74) is 2.01. The van der Waals surface area contributed by atoms with Crippen molar-refractivity contribution < 1.29 is 17.9 Å². The lowest BCUT2D eigenvalue weighted by Gasteiger charge is -2.39. The van der Waals surface area contributed by atoms with Gasteiger partial charge in [-0.1, -0.05) is 18.2 Å². The molecule has 0 bridgehead atoms. The van der Waals surface area contributed by atoms with Crippen LogP contribution in [0.2, 0.25) is 0 Å². The molecule has 0 radical (unpaired) electrons. The van der Waals surface area contributed by atoms with Crippen molar-refractivity contribution in [3.8, 4) is 5.75 Å². The Bertz CT molecular complexity index is 1210. The molecule has 8 heteroatoms. The second-order valence-corrected chi connectivity index (χ2v) is 9.87. The van der Waals surface area contributed by atoms with E-state index in [1.807, 2.05) is 44.3 Å². The van der Waals surface area contributed by atoms with Crippen LogP contribution in [0, 0.1) is 0 Å². The minimum absolute atomic E-state index is 0.106. The molecule has 7 nitrogen and oxygen atoms in total. The standard InChI is InChI=1S/C22H25N3O4S/c1-15(26)25-14-22(2,3)29-21-9-8-17(12-20(21)25)30(27,28)24-11-10-16-13-23-19-7-5-4-6-18(16)19/h4-9,12-13,23-24H,10-11,14H2,1-3H3. The van der Waals surface area contributed by atoms with E-state index >= 15 is 0 Å². The lowest BCUT2D eigenvalue weighted by atomic mass is 10.1. The highest BCUT2D eigenvalue weighted by atomic mass is 32.2. The normalized spacial score (nSPS) is 15.6. The van der Waals surface area contributed by atoms with E-state index in [1.165, 1.54) is 19.1 Å². The van der Waals surface area contributed by atoms with E-state index < -0.39 is 15.6 Å². The number of sulfonamides is 1. The third kappa shape index (κ3) is 3.93. The summed E-state index contributed by atoms with van der Waals surface area (Å²) in [5.74, 6) is 0.341. The van der Waals surface area contributed by atoms with Crippen molar-refractivity contribution in [3.05, 3.63) is 54.2 Å². The van der Waals surface area contributed by atoms with Crippen LogP contribution in [0.4, 0.5) is 5.69 Å². The fourth-order valence-electron chi connectivity index (χ4n) is 3.78. The molecule has 158 valence electrons. The van der Waals surface area contributed by atoms with Crippen LogP contribution in [-0.4, -0.2) is 38.0 Å². The van der Waals surface area contributed by atoms with E-state index in [0.717, 1.165) is 16.5 Å². The number of fused-ring (bicyclic) bond motifs is 2. The van der Waals surface area contributed by atoms with E-state index in [2.05, 4.69) is 9.71 Å². The Labute approximate surface area is 176 Å². The molecule has 0 unspecified atom stereocenters. The van der Waals surface area contributed by atoms with Crippen molar-refractivity contribution in [2.24, 2.45) is 0 Å². The number of amides is 1. The highest BCUT2D eigenvalue weighted by Gasteiger charge is 2.34. The van der Waals surface area contributed by atoms with Crippen LogP contribution in [-0.2, 0) is 21.2 Å². The zero-order valence-corrected chi connectivity index (χ0v) is 18.0. The monoisotopic (exact) mass is 427 g/mol. The van der Waals surface area contributed by atoms with Gasteiger partial charge in [0.2, 0.25) is 15.9 Å². The Kier molecular flexibility index (Phi) is 5.07. The van der Waals surface area contributed by atoms with Crippen molar-refractivity contribution in [1.29, 1.82) is 0 Å². The maximum absolute atomic E-state index is 12.9. The number of carbonyl (C=O) groups excluding carboxylic acids is 1. The first-order chi connectivity index (χ1) is 14.2. The molecule has 30 heavy (non-hydrogen) atoms. The predicted octanol–water partition coefficient (Wildman–Crippen LogP) is 3.21. The topological polar surface area (TPSA) is 91.5 Å². The first kappa shape index (κ1) is 20.4. The molecular formula is C22H25N3O4S. The smallest absolute Gasteiger partial charge is 0.240 e. The summed E-state index contributed by atoms with van der Waals surface area (Å²) in [6, 6.07) is 12.5. The molecular weight excluding hydrogens is 402 g/mol. The maximum atomic E-state index is 12.9. The minimum atomic E-state index is -3.73. The van der Waals surface area contributed by atoms with Crippen LogP contribution in [0.25, 0.3) is 10.9 Å². The summed E-state index contributed by atoms with van der Waals surface area (Å²) >= 11 is 0. The van der Waals surface area contributed by atoms with Crippen molar-refractivity contribution in [2.45, 2.75) is 37.7 Å². The average molecular weight is 428 g/mol. The molecule has 1 aromatic heterocycles. The molecule has 0 saturated heterocycles. The molecule has 3 aromatic rings. The number of aromatic nitrogens is 1. The quantitative estimate of drug-likeness (QED) is 0.654. The molecule has 1 aliphatic heterocycles. The molecule has 2 heterocycles. The molecule has 0 saturated carbocycles. The summed E-state index contributed by atoms with van der Waals surface area (Å²) in [4.78, 5) is 17.0. The van der Waals surface area contributed by atoms with Gasteiger partial charge in [0, 0.05) is 30.6 Å². The Morgan fingerprint density at radius 2 is 2.00 bits per heavy atom. The summed E-state index contributed by atoms with van der Waals surface area (Å²) in [5, 5.41) is 1.09. The Morgan fingerprint density at radius 3 is 2.77 bits per heavy atom. The van der Waals surface area contributed by atoms with E-state index in [4.69, 9.17) is 4.74 Å². The van der Waals surface area contributed by atoms with Gasteiger partial charge in [-0.25, -0.2) is 13.1 Å². The van der Waals surface area contributed by atoms with Crippen LogP contribution < -0.4 is 14.4 Å². The first-order valence-electron chi connectivity index (χ1n) is 9.82. The zero-order valence-electron chi connectivity index (χ0n) is 17.2. The summed E-state index contributed by atoms with van der Waals surface area (Å²) in [6.07, 6.45) is 2.47. The second kappa shape index (κ2) is 7.45. The Morgan fingerprint density at radius 1 is 1.23 bits per heavy atom. The molecule has 2 N–H and O–H groups in total. The first-order valence-corrected chi connectivity index (χ1v) is 11.3. The number of ether oxygens (including phenoxy) is 1. The van der Waals surface area contributed by atoms with Gasteiger partial charge in [0.25, 0.3) is 0 Å². The predicted molar refractivity (Wildman–Crippen MR) is 116 cm³/mol. The van der Waals surface area contributed by atoms with Crippen LogP contribution in [0.5, 0.6) is 5.75 Å². The highest BCUT2D eigenvalue weighted by molar-refractivity contribution is 7.89. The van der Waals surface area contributed by atoms with Gasteiger partial charge in [-0.2, -0.15) is 0 Å². The number of hydrogen-bond acceptors (Lipinski definition) is 4. The lowest BCUT2D eigenvalue weighted by molar-refractivity contribution is -0.117. The molecule has 2 aromatic carbocycles. The molecule has 1 amide bonds. The van der Waals surface area contributed by atoms with Gasteiger partial charge in [-0.3, -0.25) is 4.79 Å². The number of hydrogen-bond donors (Lipinski definition) is 2. The zero-order chi connectivity index (χ0) is 21.5. The van der Waals surface area contributed by atoms with Crippen molar-refractivity contribution in [1.82, 2.24) is 9.71 Å². The van der Waals surface area contributed by atoms with Crippen LogP contribution in [0.3, 0.4) is 0 Å². The minimum Gasteiger partial charge on any atom is -0.484 e. The average Bonchev–Trinajstić information content (AvgIpc) is 3.09. The number of rotatable bonds is 5. The van der Waals surface area contributed by atoms with Crippen LogP contribution in [0.1, 0.15) is 26.3 Å². The Balaban J connectivity index is 1.53. The molecule has 4 rings (SSSR count). The number of H-pyrrole nitrogens is 1. The van der Waals surface area contributed by atoms with Gasteiger partial charge in [-0.15, -0.1) is 0 Å². The largest absolute Gasteiger partial charge is 0.484 e. The summed E-state index contributed by atoms with van der Waals surface area (Å²) in [7, 11) is -3.73. The number of anilines is 1. The van der Waals surface area contributed by atoms with E-state index in [9.17, 15) is 13.2 Å². The van der Waals surface area contributed by atoms with Crippen LogP contribution >= 0.6 is 0 Å². The number of nitrogens with zero attached hydrogens (tertiary/aromatic N) is 1. The van der Waals surface area contributed by atoms with Gasteiger partial charge in [0.1, 0.15) is 11.4 Å². The fourth-order valence-corrected chi connectivity index (χ4v) is 4.83. The third-order valence-electron chi connectivity index (χ3n) is 5.20. The van der Waals surface area contributed by atoms with Crippen molar-refractivity contribution >= 4 is 32.5 Å². The number of carbonyl (C=O) groups is 1. The molecule has 1 aliphatic rings. The van der Waals surface area contributed by atoms with Gasteiger partial charge < -0.3 is 14.6 Å². The second-order valence-electron chi connectivity index (χ2n) is 8.10. The summed E-state index contributed by atoms with van der Waals surface area (Å²) in [6.45, 7) is 5.87.